The van der Waals surface area contributed by atoms with E-state index in [1.54, 1.807) is 25.1 Å². The monoisotopic (exact) mass is 314 g/mol. The lowest BCUT2D eigenvalue weighted by atomic mass is 10.2. The molecule has 0 saturated heterocycles. The summed E-state index contributed by atoms with van der Waals surface area (Å²) in [6.07, 6.45) is 0.340. The summed E-state index contributed by atoms with van der Waals surface area (Å²) in [7, 11) is 0. The molecule has 0 aromatic heterocycles. The molecule has 0 radical (unpaired) electrons. The maximum absolute atomic E-state index is 12.0. The van der Waals surface area contributed by atoms with Gasteiger partial charge in [0.2, 0.25) is 5.91 Å². The second kappa shape index (κ2) is 7.17. The molecule has 0 aliphatic rings. The number of ether oxygens (including phenoxy) is 1. The molecule has 23 heavy (non-hydrogen) atoms. The van der Waals surface area contributed by atoms with Gasteiger partial charge in [-0.05, 0) is 24.3 Å². The normalized spacial score (nSPS) is 9.96. The molecule has 0 aliphatic carbocycles. The molecule has 7 nitrogen and oxygen atoms in total. The number of hydrogen-bond acceptors (Lipinski definition) is 5. The summed E-state index contributed by atoms with van der Waals surface area (Å²) in [6, 6.07) is 11.5. The molecule has 1 N–H and O–H groups in total. The molecular formula is C16H14N2O5. The van der Waals surface area contributed by atoms with Crippen molar-refractivity contribution in [1.82, 2.24) is 0 Å². The topological polar surface area (TPSA) is 98.5 Å². The van der Waals surface area contributed by atoms with Crippen molar-refractivity contribution in [3.05, 3.63) is 64.2 Å². The van der Waals surface area contributed by atoms with Crippen molar-refractivity contribution in [3.63, 3.8) is 0 Å². The lowest BCUT2D eigenvalue weighted by molar-refractivity contribution is -0.384. The molecular weight excluding hydrogens is 300 g/mol. The van der Waals surface area contributed by atoms with E-state index < -0.39 is 10.9 Å². The van der Waals surface area contributed by atoms with Gasteiger partial charge in [0, 0.05) is 30.3 Å². The van der Waals surface area contributed by atoms with Crippen LogP contribution in [0.5, 0.6) is 5.75 Å². The van der Waals surface area contributed by atoms with E-state index in [1.165, 1.54) is 30.3 Å². The minimum atomic E-state index is -0.640. The summed E-state index contributed by atoms with van der Waals surface area (Å²) in [5, 5.41) is 13.2. The number of hydrogen-bond donors (Lipinski definition) is 1. The number of nitrogens with zero attached hydrogens (tertiary/aromatic N) is 1. The van der Waals surface area contributed by atoms with E-state index in [0.717, 1.165) is 0 Å². The third kappa shape index (κ3) is 4.37. The average Bonchev–Trinajstić information content (AvgIpc) is 2.55. The number of amides is 1. The average molecular weight is 314 g/mol. The number of nitrogens with one attached hydrogen (secondary N) is 1. The van der Waals surface area contributed by atoms with Gasteiger partial charge in [-0.25, -0.2) is 4.79 Å². The number of esters is 1. The Hall–Kier alpha value is -3.22. The van der Waals surface area contributed by atoms with Crippen LogP contribution >= 0.6 is 0 Å². The first kappa shape index (κ1) is 16.2. The smallest absolute Gasteiger partial charge is 0.343 e. The molecule has 0 spiro atoms. The van der Waals surface area contributed by atoms with Crippen molar-refractivity contribution in [2.45, 2.75) is 13.3 Å². The second-order valence-electron chi connectivity index (χ2n) is 4.62. The van der Waals surface area contributed by atoms with Gasteiger partial charge in [-0.15, -0.1) is 0 Å². The summed E-state index contributed by atoms with van der Waals surface area (Å²) in [6.45, 7) is 1.73. The Kier molecular flexibility index (Phi) is 5.03. The van der Waals surface area contributed by atoms with Gasteiger partial charge >= 0.3 is 5.97 Å². The summed E-state index contributed by atoms with van der Waals surface area (Å²) >= 11 is 0. The molecule has 0 heterocycles. The molecule has 0 bridgehead atoms. The van der Waals surface area contributed by atoms with E-state index in [1.807, 2.05) is 0 Å². The molecule has 2 aromatic rings. The van der Waals surface area contributed by atoms with Gasteiger partial charge in [0.25, 0.3) is 5.69 Å². The van der Waals surface area contributed by atoms with Gasteiger partial charge in [0.1, 0.15) is 5.75 Å². The second-order valence-corrected chi connectivity index (χ2v) is 4.62. The van der Waals surface area contributed by atoms with Crippen LogP contribution in [0.1, 0.15) is 23.7 Å². The van der Waals surface area contributed by atoms with Gasteiger partial charge in [-0.2, -0.15) is 0 Å². The molecule has 7 heteroatoms. The first-order valence-corrected chi connectivity index (χ1v) is 6.86. The first-order valence-electron chi connectivity index (χ1n) is 6.86. The van der Waals surface area contributed by atoms with Crippen LogP contribution in [-0.2, 0) is 4.79 Å². The van der Waals surface area contributed by atoms with Crippen molar-refractivity contribution in [1.29, 1.82) is 0 Å². The predicted octanol–water partition coefficient (Wildman–Crippen LogP) is 3.16. The molecule has 1 amide bonds. The Morgan fingerprint density at radius 1 is 1.17 bits per heavy atom. The summed E-state index contributed by atoms with van der Waals surface area (Å²) in [5.41, 5.74) is 0.607. The fourth-order valence-electron chi connectivity index (χ4n) is 1.77. The summed E-state index contributed by atoms with van der Waals surface area (Å²) in [5.74, 6) is -0.523. The zero-order chi connectivity index (χ0) is 16.8. The quantitative estimate of drug-likeness (QED) is 0.395. The Bertz CT molecular complexity index is 740. The molecule has 0 aliphatic heterocycles. The summed E-state index contributed by atoms with van der Waals surface area (Å²) in [4.78, 5) is 33.4. The fourth-order valence-corrected chi connectivity index (χ4v) is 1.77. The highest BCUT2D eigenvalue weighted by molar-refractivity contribution is 5.92. The third-order valence-corrected chi connectivity index (χ3v) is 2.96. The van der Waals surface area contributed by atoms with Crippen molar-refractivity contribution in [2.24, 2.45) is 0 Å². The highest BCUT2D eigenvalue weighted by Crippen LogP contribution is 2.19. The van der Waals surface area contributed by atoms with Crippen molar-refractivity contribution in [3.8, 4) is 5.75 Å². The molecule has 2 aromatic carbocycles. The van der Waals surface area contributed by atoms with Gasteiger partial charge in [-0.1, -0.05) is 13.0 Å². The van der Waals surface area contributed by atoms with Crippen LogP contribution in [-0.4, -0.2) is 16.8 Å². The Morgan fingerprint density at radius 3 is 2.48 bits per heavy atom. The Morgan fingerprint density at radius 2 is 1.87 bits per heavy atom. The molecule has 118 valence electrons. The third-order valence-electron chi connectivity index (χ3n) is 2.96. The lowest BCUT2D eigenvalue weighted by Gasteiger charge is -2.07. The van der Waals surface area contributed by atoms with Crippen LogP contribution in [0.2, 0.25) is 0 Å². The maximum Gasteiger partial charge on any atom is 0.343 e. The van der Waals surface area contributed by atoms with Crippen molar-refractivity contribution in [2.75, 3.05) is 5.32 Å². The van der Waals surface area contributed by atoms with E-state index in [4.69, 9.17) is 4.74 Å². The zero-order valence-electron chi connectivity index (χ0n) is 12.3. The highest BCUT2D eigenvalue weighted by atomic mass is 16.6. The number of carbonyl (C=O) groups is 2. The van der Waals surface area contributed by atoms with E-state index in [9.17, 15) is 19.7 Å². The Labute approximate surface area is 132 Å². The predicted molar refractivity (Wildman–Crippen MR) is 83.4 cm³/mol. The number of nitro groups is 1. The number of carbonyl (C=O) groups excluding carboxylic acids is 2. The zero-order valence-corrected chi connectivity index (χ0v) is 12.3. The van der Waals surface area contributed by atoms with Crippen LogP contribution in [0.4, 0.5) is 11.4 Å². The van der Waals surface area contributed by atoms with Gasteiger partial charge in [0.15, 0.2) is 0 Å². The van der Waals surface area contributed by atoms with Crippen LogP contribution in [0.3, 0.4) is 0 Å². The van der Waals surface area contributed by atoms with Crippen LogP contribution < -0.4 is 10.1 Å². The standard InChI is InChI=1S/C16H14N2O5/c1-2-15(19)17-12-4-3-5-14(10-12)23-16(20)11-6-8-13(9-7-11)18(21)22/h3-10H,2H2,1H3,(H,17,19). The summed E-state index contributed by atoms with van der Waals surface area (Å²) < 4.78 is 5.20. The van der Waals surface area contributed by atoms with Gasteiger partial charge in [-0.3, -0.25) is 14.9 Å². The van der Waals surface area contributed by atoms with E-state index in [0.29, 0.717) is 12.1 Å². The fraction of sp³-hybridized carbons (Fsp3) is 0.125. The molecule has 0 saturated carbocycles. The molecule has 0 unspecified atom stereocenters. The number of nitro benzene ring substituents is 1. The van der Waals surface area contributed by atoms with Gasteiger partial charge in [0.05, 0.1) is 10.5 Å². The number of benzene rings is 2. The highest BCUT2D eigenvalue weighted by Gasteiger charge is 2.12. The minimum absolute atomic E-state index is 0.106. The van der Waals surface area contributed by atoms with Crippen LogP contribution in [0.15, 0.2) is 48.5 Å². The molecule has 0 fully saturated rings. The van der Waals surface area contributed by atoms with E-state index in [2.05, 4.69) is 5.32 Å². The van der Waals surface area contributed by atoms with E-state index >= 15 is 0 Å². The largest absolute Gasteiger partial charge is 0.423 e. The van der Waals surface area contributed by atoms with E-state index in [-0.39, 0.29) is 22.9 Å². The first-order chi connectivity index (χ1) is 11.0. The number of non-ortho nitro benzene ring substituents is 1. The molecule has 0 atom stereocenters. The minimum Gasteiger partial charge on any atom is -0.423 e. The Balaban J connectivity index is 2.09. The molecule has 2 rings (SSSR count). The van der Waals surface area contributed by atoms with Crippen molar-refractivity contribution < 1.29 is 19.2 Å². The van der Waals surface area contributed by atoms with Crippen LogP contribution in [0, 0.1) is 10.1 Å². The SMILES string of the molecule is CCC(=O)Nc1cccc(OC(=O)c2ccc([N+](=O)[O-])cc2)c1. The lowest BCUT2D eigenvalue weighted by Crippen LogP contribution is -2.11. The van der Waals surface area contributed by atoms with Crippen LogP contribution in [0.25, 0.3) is 0 Å². The number of rotatable bonds is 5. The number of anilines is 1. The maximum atomic E-state index is 12.0. The van der Waals surface area contributed by atoms with Gasteiger partial charge < -0.3 is 10.1 Å². The van der Waals surface area contributed by atoms with Crippen molar-refractivity contribution >= 4 is 23.3 Å².